The van der Waals surface area contributed by atoms with Crippen LogP contribution in [0.2, 0.25) is 0 Å². The van der Waals surface area contributed by atoms with Gasteiger partial charge in [-0.05, 0) is 87.0 Å². The topological polar surface area (TPSA) is 123 Å². The van der Waals surface area contributed by atoms with E-state index in [1.165, 1.54) is 6.33 Å². The number of piperidine rings is 2. The first-order chi connectivity index (χ1) is 20.9. The van der Waals surface area contributed by atoms with Gasteiger partial charge < -0.3 is 15.6 Å². The summed E-state index contributed by atoms with van der Waals surface area (Å²) in [6.45, 7) is 2.93. The van der Waals surface area contributed by atoms with Gasteiger partial charge in [-0.1, -0.05) is 18.2 Å². The monoisotopic (exact) mass is 585 g/mol. The fourth-order valence-corrected chi connectivity index (χ4v) is 7.24. The molecule has 0 amide bonds. The van der Waals surface area contributed by atoms with Gasteiger partial charge in [-0.3, -0.25) is 14.6 Å². The fourth-order valence-electron chi connectivity index (χ4n) is 7.24. The highest BCUT2D eigenvalue weighted by molar-refractivity contribution is 5.98. The molecule has 2 unspecified atom stereocenters. The Kier molecular flexibility index (Phi) is 7.22. The molecule has 43 heavy (non-hydrogen) atoms. The number of hydrogen-bond acceptors (Lipinski definition) is 8. The molecule has 2 aromatic heterocycles. The van der Waals surface area contributed by atoms with Gasteiger partial charge in [-0.25, -0.2) is 19.0 Å². The second kappa shape index (κ2) is 11.2. The van der Waals surface area contributed by atoms with Crippen LogP contribution in [-0.4, -0.2) is 85.6 Å². The Morgan fingerprint density at radius 1 is 1.02 bits per heavy atom. The van der Waals surface area contributed by atoms with Crippen LogP contribution in [0.5, 0.6) is 11.5 Å². The number of benzene rings is 2. The molecule has 2 aromatic carbocycles. The van der Waals surface area contributed by atoms with E-state index in [-0.39, 0.29) is 12.0 Å². The number of nitrogens with zero attached hydrogens (tertiary/aromatic N) is 6. The number of ether oxygens (including phenoxy) is 1. The predicted octanol–water partition coefficient (Wildman–Crippen LogP) is 4.78. The Balaban J connectivity index is 1.05. The zero-order chi connectivity index (χ0) is 29.6. The van der Waals surface area contributed by atoms with Gasteiger partial charge in [0, 0.05) is 24.7 Å². The molecule has 11 heteroatoms. The number of nitrogen functional groups attached to an aromatic ring is 1. The van der Waals surface area contributed by atoms with Crippen LogP contribution in [0.15, 0.2) is 60.9 Å². The first-order valence-electron chi connectivity index (χ1n) is 15.0. The van der Waals surface area contributed by atoms with E-state index in [9.17, 15) is 4.79 Å². The number of para-hydroxylation sites is 1. The number of halogens is 1. The SMILES string of the molecule is Nc1ncnc2c1c(-c1ccc(Oc3ccccc3)cc1)nn2C1CCN(C2CC3(CCN(CC(=O)O)CC3)C2)CC1F. The molecule has 2 aliphatic heterocycles. The maximum Gasteiger partial charge on any atom is 0.317 e. The zero-order valence-corrected chi connectivity index (χ0v) is 24.0. The summed E-state index contributed by atoms with van der Waals surface area (Å²) in [5.41, 5.74) is 8.61. The number of rotatable bonds is 7. The van der Waals surface area contributed by atoms with Crippen molar-refractivity contribution in [3.63, 3.8) is 0 Å². The largest absolute Gasteiger partial charge is 0.480 e. The predicted molar refractivity (Wildman–Crippen MR) is 161 cm³/mol. The molecule has 2 atom stereocenters. The van der Waals surface area contributed by atoms with Crippen molar-refractivity contribution in [2.75, 3.05) is 38.5 Å². The third-order valence-electron chi connectivity index (χ3n) is 9.61. The van der Waals surface area contributed by atoms with Crippen LogP contribution in [0.4, 0.5) is 10.2 Å². The van der Waals surface area contributed by atoms with Crippen molar-refractivity contribution in [2.45, 2.75) is 50.4 Å². The minimum atomic E-state index is -1.10. The maximum absolute atomic E-state index is 16.0. The van der Waals surface area contributed by atoms with Crippen LogP contribution in [0.1, 0.15) is 38.1 Å². The third-order valence-corrected chi connectivity index (χ3v) is 9.61. The van der Waals surface area contributed by atoms with Gasteiger partial charge in [0.05, 0.1) is 18.0 Å². The molecule has 10 nitrogen and oxygen atoms in total. The molecule has 0 radical (unpaired) electrons. The lowest BCUT2D eigenvalue weighted by Crippen LogP contribution is -2.58. The first-order valence-corrected chi connectivity index (χ1v) is 15.0. The minimum Gasteiger partial charge on any atom is -0.480 e. The van der Waals surface area contributed by atoms with Gasteiger partial charge >= 0.3 is 5.97 Å². The van der Waals surface area contributed by atoms with Crippen LogP contribution in [0, 0.1) is 5.41 Å². The summed E-state index contributed by atoms with van der Waals surface area (Å²) >= 11 is 0. The Morgan fingerprint density at radius 3 is 2.44 bits per heavy atom. The molecule has 7 rings (SSSR count). The summed E-state index contributed by atoms with van der Waals surface area (Å²) in [4.78, 5) is 24.1. The van der Waals surface area contributed by atoms with E-state index in [0.29, 0.717) is 47.3 Å². The van der Waals surface area contributed by atoms with Crippen LogP contribution >= 0.6 is 0 Å². The average Bonchev–Trinajstić information content (AvgIpc) is 3.38. The van der Waals surface area contributed by atoms with Gasteiger partial charge in [0.25, 0.3) is 0 Å². The molecule has 3 fully saturated rings. The summed E-state index contributed by atoms with van der Waals surface area (Å²) in [7, 11) is 0. The van der Waals surface area contributed by atoms with E-state index in [2.05, 4.69) is 14.9 Å². The molecule has 1 spiro atoms. The molecule has 3 N–H and O–H groups in total. The van der Waals surface area contributed by atoms with Crippen LogP contribution in [-0.2, 0) is 4.79 Å². The summed E-state index contributed by atoms with van der Waals surface area (Å²) in [5, 5.41) is 14.6. The molecule has 4 heterocycles. The number of nitrogens with two attached hydrogens (primary N) is 1. The van der Waals surface area contributed by atoms with Gasteiger partial charge in [0.2, 0.25) is 0 Å². The maximum atomic E-state index is 16.0. The van der Waals surface area contributed by atoms with Crippen LogP contribution in [0.3, 0.4) is 0 Å². The molecule has 4 aromatic rings. The number of alkyl halides is 1. The van der Waals surface area contributed by atoms with Crippen molar-refractivity contribution in [2.24, 2.45) is 5.41 Å². The minimum absolute atomic E-state index is 0.116. The molecule has 1 aliphatic carbocycles. The number of carboxylic acid groups (broad SMARTS) is 1. The Bertz CT molecular complexity index is 1600. The Hall–Kier alpha value is -4.09. The van der Waals surface area contributed by atoms with Crippen molar-refractivity contribution in [3.05, 3.63) is 60.9 Å². The van der Waals surface area contributed by atoms with E-state index in [1.54, 1.807) is 4.68 Å². The third kappa shape index (κ3) is 5.43. The smallest absolute Gasteiger partial charge is 0.317 e. The van der Waals surface area contributed by atoms with Gasteiger partial charge in [0.1, 0.15) is 35.5 Å². The van der Waals surface area contributed by atoms with Crippen molar-refractivity contribution in [3.8, 4) is 22.8 Å². The molecular weight excluding hydrogens is 549 g/mol. The zero-order valence-electron chi connectivity index (χ0n) is 24.0. The summed E-state index contributed by atoms with van der Waals surface area (Å²) < 4.78 is 23.6. The van der Waals surface area contributed by atoms with Gasteiger partial charge in [0.15, 0.2) is 5.65 Å². The fraction of sp³-hybridized carbons (Fsp3) is 0.438. The number of aromatic nitrogens is 4. The number of likely N-dealkylation sites (tertiary alicyclic amines) is 2. The number of anilines is 1. The van der Waals surface area contributed by atoms with E-state index in [4.69, 9.17) is 20.7 Å². The van der Waals surface area contributed by atoms with Crippen LogP contribution < -0.4 is 10.5 Å². The molecule has 1 saturated carbocycles. The number of fused-ring (bicyclic) bond motifs is 1. The number of carboxylic acids is 1. The first kappa shape index (κ1) is 27.7. The normalized spacial score (nSPS) is 22.9. The number of hydrogen-bond donors (Lipinski definition) is 2. The molecule has 3 aliphatic rings. The molecular formula is C32H36FN7O3. The highest BCUT2D eigenvalue weighted by Gasteiger charge is 2.49. The highest BCUT2D eigenvalue weighted by Crippen LogP contribution is 2.51. The second-order valence-corrected chi connectivity index (χ2v) is 12.3. The van der Waals surface area contributed by atoms with E-state index in [1.807, 2.05) is 59.5 Å². The Labute approximate surface area is 249 Å². The molecule has 224 valence electrons. The Morgan fingerprint density at radius 2 is 1.74 bits per heavy atom. The van der Waals surface area contributed by atoms with E-state index < -0.39 is 18.2 Å². The quantitative estimate of drug-likeness (QED) is 0.315. The summed E-state index contributed by atoms with van der Waals surface area (Å²) in [6.07, 6.45) is 5.11. The molecule has 0 bridgehead atoms. The average molecular weight is 586 g/mol. The lowest BCUT2D eigenvalue weighted by atomic mass is 9.59. The van der Waals surface area contributed by atoms with Gasteiger partial charge in [-0.2, -0.15) is 5.10 Å². The van der Waals surface area contributed by atoms with Crippen molar-refractivity contribution in [1.29, 1.82) is 0 Å². The lowest BCUT2D eigenvalue weighted by Gasteiger charge is -2.56. The van der Waals surface area contributed by atoms with Gasteiger partial charge in [-0.15, -0.1) is 0 Å². The summed E-state index contributed by atoms with van der Waals surface area (Å²) in [6, 6.07) is 17.1. The van der Waals surface area contributed by atoms with E-state index >= 15 is 4.39 Å². The van der Waals surface area contributed by atoms with Crippen molar-refractivity contribution < 1.29 is 19.0 Å². The number of aliphatic carboxylic acids is 1. The van der Waals surface area contributed by atoms with Crippen molar-refractivity contribution >= 4 is 22.8 Å². The summed E-state index contributed by atoms with van der Waals surface area (Å²) in [5.74, 6) is 0.999. The van der Waals surface area contributed by atoms with Crippen LogP contribution in [0.25, 0.3) is 22.3 Å². The van der Waals surface area contributed by atoms with Crippen molar-refractivity contribution in [1.82, 2.24) is 29.5 Å². The molecule has 2 saturated heterocycles. The highest BCUT2D eigenvalue weighted by atomic mass is 19.1. The second-order valence-electron chi connectivity index (χ2n) is 12.3. The number of carbonyl (C=O) groups is 1. The van der Waals surface area contributed by atoms with E-state index in [0.717, 1.165) is 56.6 Å². The lowest BCUT2D eigenvalue weighted by molar-refractivity contribution is -0.139. The standard InChI is InChI=1S/C32H36FN7O3/c33-25-18-39(22-16-32(17-22)11-14-38(15-12-32)19-27(41)42)13-10-26(25)40-31-28(30(34)35-20-36-31)29(37-40)21-6-8-24(9-7-21)43-23-4-2-1-3-5-23/h1-9,20,22,25-26H,10-19H2,(H,41,42)(H2,34,35,36).